The maximum absolute atomic E-state index is 13.6. The molecule has 176 valence electrons. The van der Waals surface area contributed by atoms with Gasteiger partial charge in [-0.05, 0) is 62.0 Å². The number of amides is 1. The van der Waals surface area contributed by atoms with E-state index in [4.69, 9.17) is 0 Å². The van der Waals surface area contributed by atoms with Crippen LogP contribution in [0.1, 0.15) is 45.1 Å². The molecule has 0 aliphatic heterocycles. The Morgan fingerprint density at radius 2 is 1.88 bits per heavy atom. The minimum absolute atomic E-state index is 0.0118. The first-order valence-corrected chi connectivity index (χ1v) is 10.5. The molecule has 5 nitrogen and oxygen atoms in total. The third-order valence-corrected chi connectivity index (χ3v) is 5.22. The summed E-state index contributed by atoms with van der Waals surface area (Å²) >= 11 is 0. The highest BCUT2D eigenvalue weighted by Crippen LogP contribution is 2.34. The van der Waals surface area contributed by atoms with Crippen molar-refractivity contribution in [1.82, 2.24) is 9.88 Å². The number of hydrogen-bond acceptors (Lipinski definition) is 4. The normalized spacial score (nSPS) is 11.1. The number of nitrogens with zero attached hydrogens (tertiary/aromatic N) is 2. The highest BCUT2D eigenvalue weighted by Gasteiger charge is 2.33. The number of rotatable bonds is 5. The molecule has 0 bridgehead atoms. The van der Waals surface area contributed by atoms with Gasteiger partial charge in [0.05, 0.1) is 11.8 Å². The lowest BCUT2D eigenvalue weighted by molar-refractivity contribution is -0.138. The Bertz CT molecular complexity index is 1260. The molecule has 1 aromatic heterocycles. The molecule has 8 heteroatoms. The summed E-state index contributed by atoms with van der Waals surface area (Å²) in [7, 11) is 1.74. The van der Waals surface area contributed by atoms with Crippen LogP contribution in [-0.2, 0) is 12.7 Å². The fourth-order valence-electron chi connectivity index (χ4n) is 3.20. The summed E-state index contributed by atoms with van der Waals surface area (Å²) in [5.41, 5.74) is 1.57. The molecule has 0 aliphatic carbocycles. The van der Waals surface area contributed by atoms with Gasteiger partial charge in [0.1, 0.15) is 5.75 Å². The molecule has 3 aromatic rings. The van der Waals surface area contributed by atoms with Crippen molar-refractivity contribution in [2.75, 3.05) is 18.9 Å². The standard InChI is InChI=1S/C26H24F3N3O2/c1-4-32(3)16-21-9-10-22(13-24(21)26(27,28)29)31-25(34)20-7-5-17(2)19(12-20)8-6-18-11-23(33)15-30-14-18/h5,7,9-15,33H,4,16H2,1-3H3,(H,31,34). The van der Waals surface area contributed by atoms with Gasteiger partial charge in [0, 0.05) is 35.1 Å². The lowest BCUT2D eigenvalue weighted by Crippen LogP contribution is -2.20. The molecule has 0 saturated carbocycles. The summed E-state index contributed by atoms with van der Waals surface area (Å²) in [6, 6.07) is 10.1. The van der Waals surface area contributed by atoms with Crippen molar-refractivity contribution < 1.29 is 23.1 Å². The molecule has 0 radical (unpaired) electrons. The molecule has 2 N–H and O–H groups in total. The maximum atomic E-state index is 13.6. The predicted octanol–water partition coefficient (Wildman–Crippen LogP) is 5.22. The summed E-state index contributed by atoms with van der Waals surface area (Å²) in [5.74, 6) is 5.26. The molecule has 0 fully saturated rings. The Balaban J connectivity index is 1.85. The minimum Gasteiger partial charge on any atom is -0.506 e. The topological polar surface area (TPSA) is 65.5 Å². The minimum atomic E-state index is -4.54. The van der Waals surface area contributed by atoms with Crippen LogP contribution in [0.15, 0.2) is 54.9 Å². The Morgan fingerprint density at radius 1 is 1.12 bits per heavy atom. The van der Waals surface area contributed by atoms with Crippen molar-refractivity contribution in [3.8, 4) is 17.6 Å². The van der Waals surface area contributed by atoms with E-state index in [0.29, 0.717) is 17.7 Å². The van der Waals surface area contributed by atoms with Crippen LogP contribution < -0.4 is 5.32 Å². The number of aromatic nitrogens is 1. The Labute approximate surface area is 196 Å². The first-order chi connectivity index (χ1) is 16.1. The van der Waals surface area contributed by atoms with E-state index < -0.39 is 17.6 Å². The zero-order valence-corrected chi connectivity index (χ0v) is 19.0. The lowest BCUT2D eigenvalue weighted by atomic mass is 10.0. The molecule has 0 unspecified atom stereocenters. The van der Waals surface area contributed by atoms with Gasteiger partial charge in [-0.2, -0.15) is 13.2 Å². The van der Waals surface area contributed by atoms with Gasteiger partial charge in [-0.1, -0.05) is 30.9 Å². The fraction of sp³-hybridized carbons (Fsp3) is 0.231. The van der Waals surface area contributed by atoms with Crippen molar-refractivity contribution >= 4 is 11.6 Å². The second kappa shape index (κ2) is 10.4. The molecule has 1 heterocycles. The summed E-state index contributed by atoms with van der Waals surface area (Å²) in [6.07, 6.45) is -1.75. The number of carbonyl (C=O) groups is 1. The summed E-state index contributed by atoms with van der Waals surface area (Å²) in [5, 5.41) is 12.1. The molecule has 34 heavy (non-hydrogen) atoms. The molecule has 0 spiro atoms. The van der Waals surface area contributed by atoms with Crippen LogP contribution in [0.2, 0.25) is 0 Å². The van der Waals surface area contributed by atoms with Crippen LogP contribution in [0.3, 0.4) is 0 Å². The predicted molar refractivity (Wildman–Crippen MR) is 124 cm³/mol. The summed E-state index contributed by atoms with van der Waals surface area (Å²) < 4.78 is 40.9. The van der Waals surface area contributed by atoms with E-state index in [2.05, 4.69) is 22.1 Å². The number of hydrogen-bond donors (Lipinski definition) is 2. The smallest absolute Gasteiger partial charge is 0.416 e. The first kappa shape index (κ1) is 24.8. The highest BCUT2D eigenvalue weighted by molar-refractivity contribution is 6.04. The molecular weight excluding hydrogens is 443 g/mol. The number of nitrogens with one attached hydrogen (secondary N) is 1. The molecule has 3 rings (SSSR count). The third kappa shape index (κ3) is 6.36. The fourth-order valence-corrected chi connectivity index (χ4v) is 3.20. The third-order valence-electron chi connectivity index (χ3n) is 5.22. The first-order valence-electron chi connectivity index (χ1n) is 10.5. The number of halogens is 3. The molecule has 0 saturated heterocycles. The van der Waals surface area contributed by atoms with Gasteiger partial charge < -0.3 is 15.3 Å². The lowest BCUT2D eigenvalue weighted by Gasteiger charge is -2.19. The largest absolute Gasteiger partial charge is 0.506 e. The summed E-state index contributed by atoms with van der Waals surface area (Å²) in [4.78, 5) is 18.4. The number of anilines is 1. The molecule has 1 amide bonds. The Morgan fingerprint density at radius 3 is 2.56 bits per heavy atom. The molecule has 0 atom stereocenters. The van der Waals surface area contributed by atoms with Gasteiger partial charge in [0.25, 0.3) is 5.91 Å². The van der Waals surface area contributed by atoms with Crippen molar-refractivity contribution in [2.24, 2.45) is 0 Å². The average molecular weight is 467 g/mol. The van der Waals surface area contributed by atoms with Crippen LogP contribution in [0.4, 0.5) is 18.9 Å². The van der Waals surface area contributed by atoms with Gasteiger partial charge in [-0.15, -0.1) is 0 Å². The van der Waals surface area contributed by atoms with Crippen molar-refractivity contribution in [2.45, 2.75) is 26.6 Å². The van der Waals surface area contributed by atoms with E-state index in [0.717, 1.165) is 11.6 Å². The monoisotopic (exact) mass is 467 g/mol. The molecule has 2 aromatic carbocycles. The number of pyridine rings is 1. The van der Waals surface area contributed by atoms with Gasteiger partial charge in [-0.3, -0.25) is 9.78 Å². The quantitative estimate of drug-likeness (QED) is 0.505. The van der Waals surface area contributed by atoms with E-state index in [-0.39, 0.29) is 29.1 Å². The van der Waals surface area contributed by atoms with E-state index in [1.807, 2.05) is 13.8 Å². The average Bonchev–Trinajstić information content (AvgIpc) is 2.78. The van der Waals surface area contributed by atoms with Gasteiger partial charge in [0.15, 0.2) is 0 Å². The Hall–Kier alpha value is -3.83. The number of benzene rings is 2. The van der Waals surface area contributed by atoms with Crippen LogP contribution in [0.25, 0.3) is 0 Å². The van der Waals surface area contributed by atoms with E-state index in [9.17, 15) is 23.1 Å². The van der Waals surface area contributed by atoms with Crippen molar-refractivity contribution in [1.29, 1.82) is 0 Å². The highest BCUT2D eigenvalue weighted by atomic mass is 19.4. The zero-order valence-electron chi connectivity index (χ0n) is 19.0. The van der Waals surface area contributed by atoms with Crippen molar-refractivity contribution in [3.05, 3.63) is 88.2 Å². The number of aryl methyl sites for hydroxylation is 1. The van der Waals surface area contributed by atoms with Crippen molar-refractivity contribution in [3.63, 3.8) is 0 Å². The number of carbonyl (C=O) groups excluding carboxylic acids is 1. The van der Waals surface area contributed by atoms with Crippen LogP contribution >= 0.6 is 0 Å². The molecule has 0 aliphatic rings. The van der Waals surface area contributed by atoms with E-state index in [1.54, 1.807) is 30.1 Å². The second-order valence-corrected chi connectivity index (χ2v) is 7.87. The van der Waals surface area contributed by atoms with Gasteiger partial charge >= 0.3 is 6.18 Å². The van der Waals surface area contributed by atoms with E-state index in [1.165, 1.54) is 30.6 Å². The Kier molecular flexibility index (Phi) is 7.59. The van der Waals surface area contributed by atoms with Crippen LogP contribution in [-0.4, -0.2) is 34.5 Å². The number of aromatic hydroxyl groups is 1. The zero-order chi connectivity index (χ0) is 24.9. The van der Waals surface area contributed by atoms with Gasteiger partial charge in [-0.25, -0.2) is 0 Å². The number of alkyl halides is 3. The maximum Gasteiger partial charge on any atom is 0.416 e. The second-order valence-electron chi connectivity index (χ2n) is 7.87. The van der Waals surface area contributed by atoms with Crippen LogP contribution in [0, 0.1) is 18.8 Å². The molecular formula is C26H24F3N3O2. The van der Waals surface area contributed by atoms with Crippen LogP contribution in [0.5, 0.6) is 5.75 Å². The van der Waals surface area contributed by atoms with Gasteiger partial charge in [0.2, 0.25) is 0 Å². The SMILES string of the molecule is CCN(C)Cc1ccc(NC(=O)c2ccc(C)c(C#Cc3cncc(O)c3)c2)cc1C(F)(F)F. The summed E-state index contributed by atoms with van der Waals surface area (Å²) in [6.45, 7) is 4.45. The van der Waals surface area contributed by atoms with E-state index >= 15 is 0 Å².